The van der Waals surface area contributed by atoms with Crippen molar-refractivity contribution in [2.45, 2.75) is 32.2 Å². The molecule has 0 bridgehead atoms. The number of nitrogens with one attached hydrogen (secondary N) is 1. The Hall–Kier alpha value is -4.72. The molecule has 1 aromatic heterocycles. The smallest absolute Gasteiger partial charge is 0.303 e. The minimum Gasteiger partial charge on any atom is -0.496 e. The second-order valence-corrected chi connectivity index (χ2v) is 9.26. The number of pyridine rings is 1. The van der Waals surface area contributed by atoms with E-state index in [4.69, 9.17) is 9.84 Å². The number of aromatic amines is 1. The largest absolute Gasteiger partial charge is 0.496 e. The highest BCUT2D eigenvalue weighted by Crippen LogP contribution is 2.40. The zero-order chi connectivity index (χ0) is 26.8. The number of hydrogen-bond acceptors (Lipinski definition) is 5. The first-order valence-corrected chi connectivity index (χ1v) is 12.3. The van der Waals surface area contributed by atoms with E-state index in [1.165, 1.54) is 5.01 Å². The summed E-state index contributed by atoms with van der Waals surface area (Å²) in [5, 5.41) is 16.0. The second-order valence-electron chi connectivity index (χ2n) is 9.26. The molecule has 4 aromatic rings. The van der Waals surface area contributed by atoms with Gasteiger partial charge in [-0.1, -0.05) is 60.2 Å². The molecule has 2 heterocycles. The molecule has 0 spiro atoms. The van der Waals surface area contributed by atoms with E-state index in [-0.39, 0.29) is 24.8 Å². The number of benzene rings is 3. The minimum absolute atomic E-state index is 0.212. The molecular weight excluding hydrogens is 482 g/mol. The van der Waals surface area contributed by atoms with Crippen LogP contribution >= 0.6 is 0 Å². The number of carboxylic acids is 1. The number of aryl methyl sites for hydroxylation is 1. The summed E-state index contributed by atoms with van der Waals surface area (Å²) in [5.41, 5.74) is 4.61. The SMILES string of the molecule is COc1ccccc1[C@H]1CC(c2c(-c3ccccc3)c3cc(C)ccc3[nH]c2=O)=NN1C(=O)CCC(=O)O. The van der Waals surface area contributed by atoms with Crippen LogP contribution in [0.3, 0.4) is 0 Å². The van der Waals surface area contributed by atoms with Crippen LogP contribution in [0, 0.1) is 6.92 Å². The molecule has 0 saturated carbocycles. The van der Waals surface area contributed by atoms with Crippen molar-refractivity contribution in [2.75, 3.05) is 7.11 Å². The van der Waals surface area contributed by atoms with Gasteiger partial charge in [-0.3, -0.25) is 14.4 Å². The van der Waals surface area contributed by atoms with Crippen molar-refractivity contribution in [3.63, 3.8) is 0 Å². The Morgan fingerprint density at radius 2 is 1.76 bits per heavy atom. The molecule has 8 heteroatoms. The van der Waals surface area contributed by atoms with E-state index < -0.39 is 17.9 Å². The fraction of sp³-hybridized carbons (Fsp3) is 0.200. The summed E-state index contributed by atoms with van der Waals surface area (Å²) in [4.78, 5) is 41.0. The first kappa shape index (κ1) is 25.0. The third-order valence-electron chi connectivity index (χ3n) is 6.74. The van der Waals surface area contributed by atoms with Gasteiger partial charge in [0.15, 0.2) is 0 Å². The van der Waals surface area contributed by atoms with Gasteiger partial charge in [0.05, 0.1) is 30.8 Å². The Kier molecular flexibility index (Phi) is 6.79. The molecular formula is C30H27N3O5. The van der Waals surface area contributed by atoms with E-state index >= 15 is 0 Å². The number of ether oxygens (including phenoxy) is 1. The maximum absolute atomic E-state index is 13.6. The van der Waals surface area contributed by atoms with Gasteiger partial charge in [-0.2, -0.15) is 5.10 Å². The van der Waals surface area contributed by atoms with Crippen LogP contribution in [0.25, 0.3) is 22.0 Å². The topological polar surface area (TPSA) is 112 Å². The summed E-state index contributed by atoms with van der Waals surface area (Å²) < 4.78 is 5.56. The lowest BCUT2D eigenvalue weighted by atomic mass is 9.90. The number of carboxylic acid groups (broad SMARTS) is 1. The highest BCUT2D eigenvalue weighted by molar-refractivity contribution is 6.13. The van der Waals surface area contributed by atoms with Crippen LogP contribution in [0.1, 0.15) is 42.0 Å². The van der Waals surface area contributed by atoms with Crippen molar-refractivity contribution >= 4 is 28.5 Å². The predicted molar refractivity (Wildman–Crippen MR) is 145 cm³/mol. The summed E-state index contributed by atoms with van der Waals surface area (Å²) in [5.74, 6) is -0.924. The number of amides is 1. The summed E-state index contributed by atoms with van der Waals surface area (Å²) in [6.07, 6.45) is -0.264. The Morgan fingerprint density at radius 1 is 1.03 bits per heavy atom. The number of fused-ring (bicyclic) bond motifs is 1. The molecule has 2 N–H and O–H groups in total. The summed E-state index contributed by atoms with van der Waals surface area (Å²) in [7, 11) is 1.55. The molecule has 3 aromatic carbocycles. The third-order valence-corrected chi connectivity index (χ3v) is 6.74. The molecule has 0 fully saturated rings. The Balaban J connectivity index is 1.71. The zero-order valence-electron chi connectivity index (χ0n) is 21.1. The number of rotatable bonds is 7. The fourth-order valence-corrected chi connectivity index (χ4v) is 4.99. The van der Waals surface area contributed by atoms with E-state index in [0.717, 1.165) is 27.6 Å². The monoisotopic (exact) mass is 509 g/mol. The molecule has 8 nitrogen and oxygen atoms in total. The van der Waals surface area contributed by atoms with E-state index in [2.05, 4.69) is 10.1 Å². The standard InChI is InChI=1S/C30H27N3O5/c1-18-12-13-22-21(16-18)28(19-8-4-3-5-9-19)29(30(37)31-22)23-17-24(20-10-6-7-11-25(20)38-2)33(32-23)26(34)14-15-27(35)36/h3-13,16,24H,14-15,17H2,1-2H3,(H,31,37)(H,35,36)/t24-/m1/s1. The van der Waals surface area contributed by atoms with Gasteiger partial charge < -0.3 is 14.8 Å². The van der Waals surface area contributed by atoms with Crippen LogP contribution in [-0.2, 0) is 9.59 Å². The predicted octanol–water partition coefficient (Wildman–Crippen LogP) is 5.05. The molecule has 0 saturated heterocycles. The van der Waals surface area contributed by atoms with E-state index in [1.807, 2.05) is 73.7 Å². The van der Waals surface area contributed by atoms with Gasteiger partial charge in [0.25, 0.3) is 5.56 Å². The summed E-state index contributed by atoms with van der Waals surface area (Å²) in [6.45, 7) is 1.99. The number of hydrogen-bond donors (Lipinski definition) is 2. The lowest BCUT2D eigenvalue weighted by molar-refractivity contribution is -0.141. The van der Waals surface area contributed by atoms with Gasteiger partial charge >= 0.3 is 5.97 Å². The van der Waals surface area contributed by atoms with Gasteiger partial charge in [-0.15, -0.1) is 0 Å². The van der Waals surface area contributed by atoms with E-state index in [9.17, 15) is 14.4 Å². The maximum atomic E-state index is 13.6. The van der Waals surface area contributed by atoms with Gasteiger partial charge in [-0.05, 0) is 30.7 Å². The lowest BCUT2D eigenvalue weighted by Crippen LogP contribution is -2.27. The van der Waals surface area contributed by atoms with Crippen LogP contribution in [0.5, 0.6) is 5.75 Å². The van der Waals surface area contributed by atoms with Crippen molar-refractivity contribution in [3.8, 4) is 16.9 Å². The second kappa shape index (κ2) is 10.3. The number of carbonyl (C=O) groups is 2. The number of hydrazone groups is 1. The molecule has 1 amide bonds. The van der Waals surface area contributed by atoms with Crippen LogP contribution in [0.2, 0.25) is 0 Å². The molecule has 1 aliphatic rings. The molecule has 1 atom stereocenters. The van der Waals surface area contributed by atoms with Crippen LogP contribution in [-0.4, -0.2) is 39.8 Å². The minimum atomic E-state index is -1.07. The fourth-order valence-electron chi connectivity index (χ4n) is 4.99. The number of methoxy groups -OCH3 is 1. The maximum Gasteiger partial charge on any atom is 0.303 e. The molecule has 38 heavy (non-hydrogen) atoms. The Morgan fingerprint density at radius 3 is 2.50 bits per heavy atom. The Labute approximate surface area is 219 Å². The Bertz CT molecular complexity index is 1620. The normalized spacial score (nSPS) is 14.9. The van der Waals surface area contributed by atoms with E-state index in [1.54, 1.807) is 13.2 Å². The number of aromatic nitrogens is 1. The average Bonchev–Trinajstić information content (AvgIpc) is 3.36. The third kappa shape index (κ3) is 4.68. The lowest BCUT2D eigenvalue weighted by Gasteiger charge is -2.23. The van der Waals surface area contributed by atoms with Crippen molar-refractivity contribution in [1.29, 1.82) is 0 Å². The van der Waals surface area contributed by atoms with Crippen molar-refractivity contribution in [3.05, 3.63) is 99.8 Å². The highest BCUT2D eigenvalue weighted by atomic mass is 16.5. The number of aliphatic carboxylic acids is 1. The van der Waals surface area contributed by atoms with Crippen LogP contribution in [0.15, 0.2) is 82.7 Å². The number of para-hydroxylation sites is 1. The molecule has 1 aliphatic heterocycles. The van der Waals surface area contributed by atoms with E-state index in [0.29, 0.717) is 22.5 Å². The number of H-pyrrole nitrogens is 1. The molecule has 5 rings (SSSR count). The summed E-state index contributed by atoms with van der Waals surface area (Å²) in [6, 6.07) is 22.3. The van der Waals surface area contributed by atoms with Crippen molar-refractivity contribution < 1.29 is 19.4 Å². The van der Waals surface area contributed by atoms with Gasteiger partial charge in [0, 0.05) is 34.9 Å². The van der Waals surface area contributed by atoms with Crippen LogP contribution < -0.4 is 10.3 Å². The van der Waals surface area contributed by atoms with Gasteiger partial charge in [-0.25, -0.2) is 5.01 Å². The zero-order valence-corrected chi connectivity index (χ0v) is 21.1. The quantitative estimate of drug-likeness (QED) is 0.362. The molecule has 0 radical (unpaired) electrons. The van der Waals surface area contributed by atoms with Gasteiger partial charge in [0.1, 0.15) is 5.75 Å². The number of carbonyl (C=O) groups excluding carboxylic acids is 1. The average molecular weight is 510 g/mol. The first-order valence-electron chi connectivity index (χ1n) is 12.3. The van der Waals surface area contributed by atoms with Crippen molar-refractivity contribution in [2.24, 2.45) is 5.10 Å². The van der Waals surface area contributed by atoms with Crippen molar-refractivity contribution in [1.82, 2.24) is 9.99 Å². The highest BCUT2D eigenvalue weighted by Gasteiger charge is 2.36. The molecule has 0 unspecified atom stereocenters. The number of nitrogens with zero attached hydrogens (tertiary/aromatic N) is 2. The first-order chi connectivity index (χ1) is 18.4. The molecule has 192 valence electrons. The summed E-state index contributed by atoms with van der Waals surface area (Å²) >= 11 is 0. The molecule has 0 aliphatic carbocycles. The van der Waals surface area contributed by atoms with Gasteiger partial charge in [0.2, 0.25) is 5.91 Å². The van der Waals surface area contributed by atoms with Crippen LogP contribution in [0.4, 0.5) is 0 Å².